The number of piperazine rings is 1. The zero-order chi connectivity index (χ0) is 37.8. The number of amides is 3. The summed E-state index contributed by atoms with van der Waals surface area (Å²) in [6.45, 7) is 5.25. The molecule has 9 nitrogen and oxygen atoms in total. The molecule has 0 unspecified atom stereocenters. The average Bonchev–Trinajstić information content (AvgIpc) is 3.17. The summed E-state index contributed by atoms with van der Waals surface area (Å²) in [6.07, 6.45) is 1.89. The standard InChI is InChI=1S/C41H44F3N5O4/c1-31(50)47-22-24-48(25-23-47)37-15-10-34(11-16-37)29-49(39(51)17-12-32-8-13-36(14-9-32)41(42,43)44)38(28-33-6-4-3-5-7-33)40(52)46(2)26-27-53-30-35-18-20-45-21-19-35/h3-21,38H,22-30H2,1-2H3/t38-/m0/s1. The van der Waals surface area contributed by atoms with Crippen LogP contribution in [0.15, 0.2) is 109 Å². The van der Waals surface area contributed by atoms with Crippen LogP contribution in [-0.4, -0.2) is 89.8 Å². The van der Waals surface area contributed by atoms with E-state index in [1.54, 1.807) is 31.3 Å². The molecule has 3 amide bonds. The van der Waals surface area contributed by atoms with Crippen LogP contribution in [-0.2, 0) is 44.9 Å². The molecule has 278 valence electrons. The second-order valence-corrected chi connectivity index (χ2v) is 13.0. The molecule has 1 aliphatic rings. The van der Waals surface area contributed by atoms with E-state index in [1.807, 2.05) is 71.6 Å². The second-order valence-electron chi connectivity index (χ2n) is 13.0. The van der Waals surface area contributed by atoms with Gasteiger partial charge in [-0.05, 0) is 64.7 Å². The van der Waals surface area contributed by atoms with Crippen molar-refractivity contribution in [3.05, 3.63) is 137 Å². The Balaban J connectivity index is 1.38. The van der Waals surface area contributed by atoms with Crippen LogP contribution in [0, 0.1) is 0 Å². The van der Waals surface area contributed by atoms with Gasteiger partial charge in [-0.1, -0.05) is 54.6 Å². The molecule has 12 heteroatoms. The Hall–Kier alpha value is -5.49. The number of alkyl halides is 3. The van der Waals surface area contributed by atoms with E-state index in [-0.39, 0.29) is 37.9 Å². The normalized spacial score (nSPS) is 13.9. The van der Waals surface area contributed by atoms with Gasteiger partial charge in [0.15, 0.2) is 0 Å². The summed E-state index contributed by atoms with van der Waals surface area (Å²) in [7, 11) is 1.68. The highest BCUT2D eigenvalue weighted by Crippen LogP contribution is 2.29. The maximum absolute atomic E-state index is 14.3. The molecule has 0 N–H and O–H groups in total. The number of nitrogens with zero attached hydrogens (tertiary/aromatic N) is 5. The molecule has 1 aliphatic heterocycles. The van der Waals surface area contributed by atoms with Crippen LogP contribution >= 0.6 is 0 Å². The van der Waals surface area contributed by atoms with Crippen LogP contribution in [0.2, 0.25) is 0 Å². The fraction of sp³-hybridized carbons (Fsp3) is 0.317. The number of carbonyl (C=O) groups excluding carboxylic acids is 3. The number of hydrogen-bond donors (Lipinski definition) is 0. The van der Waals surface area contributed by atoms with E-state index in [1.165, 1.54) is 29.2 Å². The Kier molecular flexibility index (Phi) is 13.4. The lowest BCUT2D eigenvalue weighted by Gasteiger charge is -2.36. The van der Waals surface area contributed by atoms with Crippen molar-refractivity contribution in [2.75, 3.05) is 51.3 Å². The van der Waals surface area contributed by atoms with Gasteiger partial charge in [0.25, 0.3) is 0 Å². The zero-order valence-corrected chi connectivity index (χ0v) is 29.9. The Morgan fingerprint density at radius 1 is 0.849 bits per heavy atom. The topological polar surface area (TPSA) is 86.3 Å². The number of pyridine rings is 1. The van der Waals surface area contributed by atoms with Crippen molar-refractivity contribution in [2.24, 2.45) is 0 Å². The molecule has 53 heavy (non-hydrogen) atoms. The minimum atomic E-state index is -4.48. The molecule has 1 saturated heterocycles. The lowest BCUT2D eigenvalue weighted by atomic mass is 10.0. The van der Waals surface area contributed by atoms with Crippen LogP contribution in [0.1, 0.15) is 34.7 Å². The first-order valence-corrected chi connectivity index (χ1v) is 17.5. The summed E-state index contributed by atoms with van der Waals surface area (Å²) in [4.78, 5) is 51.3. The third-order valence-corrected chi connectivity index (χ3v) is 9.22. The second kappa shape index (κ2) is 18.3. The molecule has 0 aliphatic carbocycles. The molecule has 1 aromatic heterocycles. The Morgan fingerprint density at radius 3 is 2.13 bits per heavy atom. The fourth-order valence-corrected chi connectivity index (χ4v) is 6.08. The SMILES string of the molecule is CC(=O)N1CCN(c2ccc(CN(C(=O)C=Cc3ccc(C(F)(F)F)cc3)[C@@H](Cc3ccccc3)C(=O)N(C)CCOCc3ccncc3)cc2)CC1. The van der Waals surface area contributed by atoms with Gasteiger partial charge in [-0.3, -0.25) is 19.4 Å². The molecule has 0 radical (unpaired) electrons. The van der Waals surface area contributed by atoms with Gasteiger partial charge >= 0.3 is 6.18 Å². The molecule has 1 atom stereocenters. The summed E-state index contributed by atoms with van der Waals surface area (Å²) in [5.74, 6) is -0.691. The van der Waals surface area contributed by atoms with E-state index in [0.717, 1.165) is 34.5 Å². The predicted molar refractivity (Wildman–Crippen MR) is 197 cm³/mol. The highest BCUT2D eigenvalue weighted by atomic mass is 19.4. The summed E-state index contributed by atoms with van der Waals surface area (Å²) < 4.78 is 45.3. The summed E-state index contributed by atoms with van der Waals surface area (Å²) >= 11 is 0. The van der Waals surface area contributed by atoms with E-state index in [2.05, 4.69) is 9.88 Å². The molecule has 1 fully saturated rings. The van der Waals surface area contributed by atoms with Crippen molar-refractivity contribution < 1.29 is 32.3 Å². The van der Waals surface area contributed by atoms with Gasteiger partial charge < -0.3 is 24.3 Å². The van der Waals surface area contributed by atoms with Crippen molar-refractivity contribution in [1.29, 1.82) is 0 Å². The maximum Gasteiger partial charge on any atom is 0.416 e. The molecular formula is C41H44F3N5O4. The van der Waals surface area contributed by atoms with Gasteiger partial charge in [0.2, 0.25) is 17.7 Å². The Labute approximate surface area is 308 Å². The van der Waals surface area contributed by atoms with Gasteiger partial charge in [0.05, 0.1) is 18.8 Å². The lowest BCUT2D eigenvalue weighted by molar-refractivity contribution is -0.143. The number of aromatic nitrogens is 1. The zero-order valence-electron chi connectivity index (χ0n) is 29.9. The average molecular weight is 728 g/mol. The third kappa shape index (κ3) is 11.2. The fourth-order valence-electron chi connectivity index (χ4n) is 6.08. The molecule has 0 saturated carbocycles. The van der Waals surface area contributed by atoms with Crippen LogP contribution < -0.4 is 4.90 Å². The van der Waals surface area contributed by atoms with Crippen LogP contribution in [0.3, 0.4) is 0 Å². The largest absolute Gasteiger partial charge is 0.416 e. The van der Waals surface area contributed by atoms with Gasteiger partial charge in [-0.2, -0.15) is 13.2 Å². The van der Waals surface area contributed by atoms with Crippen LogP contribution in [0.25, 0.3) is 6.08 Å². The van der Waals surface area contributed by atoms with Crippen molar-refractivity contribution >= 4 is 29.5 Å². The van der Waals surface area contributed by atoms with Crippen LogP contribution in [0.4, 0.5) is 18.9 Å². The number of ether oxygens (including phenoxy) is 1. The van der Waals surface area contributed by atoms with E-state index < -0.39 is 23.7 Å². The number of anilines is 1. The lowest BCUT2D eigenvalue weighted by Crippen LogP contribution is -2.51. The quantitative estimate of drug-likeness (QED) is 0.115. The van der Waals surface area contributed by atoms with E-state index in [9.17, 15) is 27.6 Å². The number of likely N-dealkylation sites (N-methyl/N-ethyl adjacent to an activating group) is 1. The molecular weight excluding hydrogens is 683 g/mol. The van der Waals surface area contributed by atoms with Crippen molar-refractivity contribution in [2.45, 2.75) is 38.7 Å². The maximum atomic E-state index is 14.3. The minimum Gasteiger partial charge on any atom is -0.375 e. The molecule has 4 aromatic rings. The Bertz CT molecular complexity index is 1810. The first-order chi connectivity index (χ1) is 25.5. The highest BCUT2D eigenvalue weighted by molar-refractivity contribution is 5.95. The third-order valence-electron chi connectivity index (χ3n) is 9.22. The Morgan fingerprint density at radius 2 is 1.51 bits per heavy atom. The smallest absolute Gasteiger partial charge is 0.375 e. The van der Waals surface area contributed by atoms with Gasteiger partial charge in [-0.25, -0.2) is 0 Å². The summed E-state index contributed by atoms with van der Waals surface area (Å²) in [5, 5.41) is 0. The van der Waals surface area contributed by atoms with Crippen molar-refractivity contribution in [1.82, 2.24) is 19.7 Å². The van der Waals surface area contributed by atoms with Crippen LogP contribution in [0.5, 0.6) is 0 Å². The van der Waals surface area contributed by atoms with Gasteiger partial charge in [0.1, 0.15) is 6.04 Å². The number of hydrogen-bond acceptors (Lipinski definition) is 6. The van der Waals surface area contributed by atoms with Gasteiger partial charge in [-0.15, -0.1) is 0 Å². The molecule has 0 bridgehead atoms. The molecule has 3 aromatic carbocycles. The van der Waals surface area contributed by atoms with Crippen molar-refractivity contribution in [3.63, 3.8) is 0 Å². The first-order valence-electron chi connectivity index (χ1n) is 17.5. The summed E-state index contributed by atoms with van der Waals surface area (Å²) in [5.41, 5.74) is 3.22. The molecule has 2 heterocycles. The number of benzene rings is 3. The first kappa shape index (κ1) is 38.7. The summed E-state index contributed by atoms with van der Waals surface area (Å²) in [6, 6.07) is 24.6. The number of rotatable bonds is 14. The van der Waals surface area contributed by atoms with E-state index >= 15 is 0 Å². The van der Waals surface area contributed by atoms with E-state index in [4.69, 9.17) is 4.74 Å². The molecule has 0 spiro atoms. The number of carbonyl (C=O) groups is 3. The van der Waals surface area contributed by atoms with Gasteiger partial charge in [0, 0.05) is 83.8 Å². The monoisotopic (exact) mass is 727 g/mol. The highest BCUT2D eigenvalue weighted by Gasteiger charge is 2.32. The predicted octanol–water partition coefficient (Wildman–Crippen LogP) is 6.10. The van der Waals surface area contributed by atoms with Crippen molar-refractivity contribution in [3.8, 4) is 0 Å². The van der Waals surface area contributed by atoms with E-state index in [0.29, 0.717) is 38.3 Å². The number of halogens is 3. The molecule has 5 rings (SSSR count). The minimum absolute atomic E-state index is 0.0554.